The average molecular weight is 741 g/mol. The maximum absolute atomic E-state index is 6.23. The third kappa shape index (κ3) is 5.63. The number of ether oxygens (including phenoxy) is 1. The summed E-state index contributed by atoms with van der Waals surface area (Å²) in [7, 11) is -2.90. The number of fused-ring (bicyclic) bond motifs is 5. The molecule has 0 bridgehead atoms. The van der Waals surface area contributed by atoms with Crippen molar-refractivity contribution in [2.24, 2.45) is 0 Å². The molecular formula is C50H36N2OSSi. The SMILES string of the molecule is Sc1c(-c2ccccc2)cccc1-c1cccc([Si](c2ccccc2)(c2ccccc2)c2cccc(-c3ccc4c(c3)-n3c(nc5ccccc53)CO4)c2)c1. The molecular weight excluding hydrogens is 705 g/mol. The summed E-state index contributed by atoms with van der Waals surface area (Å²) in [5, 5.41) is 5.28. The zero-order valence-electron chi connectivity index (χ0n) is 30.0. The van der Waals surface area contributed by atoms with Gasteiger partial charge in [-0.1, -0.05) is 176 Å². The monoisotopic (exact) mass is 740 g/mol. The Hall–Kier alpha value is -6.40. The Morgan fingerprint density at radius 2 is 1.00 bits per heavy atom. The van der Waals surface area contributed by atoms with Crippen LogP contribution in [0, 0.1) is 0 Å². The van der Waals surface area contributed by atoms with Crippen LogP contribution in [0.4, 0.5) is 0 Å². The predicted molar refractivity (Wildman–Crippen MR) is 233 cm³/mol. The molecule has 262 valence electrons. The Bertz CT molecular complexity index is 2800. The number of aromatic nitrogens is 2. The number of hydrogen-bond donors (Lipinski definition) is 1. The van der Waals surface area contributed by atoms with Crippen molar-refractivity contribution in [1.82, 2.24) is 9.55 Å². The summed E-state index contributed by atoms with van der Waals surface area (Å²) in [4.78, 5) is 5.87. The highest BCUT2D eigenvalue weighted by Crippen LogP contribution is 2.37. The molecule has 0 fully saturated rings. The van der Waals surface area contributed by atoms with Crippen LogP contribution in [-0.4, -0.2) is 17.6 Å². The van der Waals surface area contributed by atoms with Crippen LogP contribution < -0.4 is 25.5 Å². The minimum Gasteiger partial charge on any atom is -0.483 e. The first-order valence-corrected chi connectivity index (χ1v) is 21.1. The van der Waals surface area contributed by atoms with Crippen LogP contribution in [0.1, 0.15) is 5.82 Å². The first kappa shape index (κ1) is 33.2. The molecule has 5 heteroatoms. The highest BCUT2D eigenvalue weighted by Gasteiger charge is 2.41. The second-order valence-electron chi connectivity index (χ2n) is 14.0. The molecule has 8 aromatic carbocycles. The Kier molecular flexibility index (Phi) is 8.32. The Morgan fingerprint density at radius 3 is 1.71 bits per heavy atom. The van der Waals surface area contributed by atoms with Gasteiger partial charge in [0.05, 0.1) is 16.7 Å². The lowest BCUT2D eigenvalue weighted by Gasteiger charge is -2.35. The summed E-state index contributed by atoms with van der Waals surface area (Å²) >= 11 is 5.17. The number of thiol groups is 1. The topological polar surface area (TPSA) is 27.1 Å². The van der Waals surface area contributed by atoms with E-state index in [-0.39, 0.29) is 0 Å². The second-order valence-corrected chi connectivity index (χ2v) is 18.3. The Labute approximate surface area is 327 Å². The molecule has 55 heavy (non-hydrogen) atoms. The van der Waals surface area contributed by atoms with Crippen molar-refractivity contribution in [3.8, 4) is 44.8 Å². The molecule has 0 N–H and O–H groups in total. The summed E-state index contributed by atoms with van der Waals surface area (Å²) in [5.74, 6) is 1.78. The van der Waals surface area contributed by atoms with Gasteiger partial charge in [-0.25, -0.2) is 4.98 Å². The van der Waals surface area contributed by atoms with E-state index >= 15 is 0 Å². The van der Waals surface area contributed by atoms with Gasteiger partial charge in [0, 0.05) is 4.90 Å². The fourth-order valence-electron chi connectivity index (χ4n) is 8.43. The van der Waals surface area contributed by atoms with Crippen molar-refractivity contribution in [2.45, 2.75) is 11.5 Å². The molecule has 9 aromatic rings. The molecule has 1 aromatic heterocycles. The van der Waals surface area contributed by atoms with Crippen LogP contribution in [0.3, 0.4) is 0 Å². The molecule has 0 unspecified atom stereocenters. The van der Waals surface area contributed by atoms with Crippen LogP contribution in [0.2, 0.25) is 0 Å². The first-order chi connectivity index (χ1) is 27.2. The molecule has 0 aliphatic carbocycles. The van der Waals surface area contributed by atoms with E-state index in [1.54, 1.807) is 0 Å². The van der Waals surface area contributed by atoms with E-state index in [2.05, 4.69) is 199 Å². The van der Waals surface area contributed by atoms with Crippen molar-refractivity contribution in [3.05, 3.63) is 206 Å². The lowest BCUT2D eigenvalue weighted by atomic mass is 9.99. The second kappa shape index (κ2) is 13.8. The van der Waals surface area contributed by atoms with Gasteiger partial charge in [0.2, 0.25) is 0 Å². The molecule has 10 rings (SSSR count). The smallest absolute Gasteiger partial charge is 0.179 e. The van der Waals surface area contributed by atoms with Crippen LogP contribution in [-0.2, 0) is 6.61 Å². The fraction of sp³-hybridized carbons (Fsp3) is 0.0200. The quantitative estimate of drug-likeness (QED) is 0.100. The molecule has 0 saturated carbocycles. The van der Waals surface area contributed by atoms with E-state index in [0.717, 1.165) is 66.6 Å². The van der Waals surface area contributed by atoms with Gasteiger partial charge in [0.15, 0.2) is 13.9 Å². The molecule has 0 amide bonds. The molecule has 1 aliphatic heterocycles. The third-order valence-corrected chi connectivity index (χ3v) is 16.2. The lowest BCUT2D eigenvalue weighted by molar-refractivity contribution is 0.281. The van der Waals surface area contributed by atoms with Crippen LogP contribution in [0.15, 0.2) is 205 Å². The van der Waals surface area contributed by atoms with Gasteiger partial charge in [-0.2, -0.15) is 0 Å². The zero-order chi connectivity index (χ0) is 36.8. The summed E-state index contributed by atoms with van der Waals surface area (Å²) in [6.07, 6.45) is 0. The van der Waals surface area contributed by atoms with E-state index in [9.17, 15) is 0 Å². The number of rotatable bonds is 7. The van der Waals surface area contributed by atoms with Gasteiger partial charge in [-0.3, -0.25) is 4.57 Å². The van der Waals surface area contributed by atoms with Crippen LogP contribution >= 0.6 is 12.6 Å². The summed E-state index contributed by atoms with van der Waals surface area (Å²) in [6, 6.07) is 72.5. The number of imidazole rings is 1. The molecule has 0 spiro atoms. The van der Waals surface area contributed by atoms with Crippen molar-refractivity contribution in [3.63, 3.8) is 0 Å². The number of benzene rings is 8. The summed E-state index contributed by atoms with van der Waals surface area (Å²) in [6.45, 7) is 0.448. The van der Waals surface area contributed by atoms with Crippen molar-refractivity contribution < 1.29 is 4.74 Å². The minimum absolute atomic E-state index is 0.448. The molecule has 0 atom stereocenters. The Morgan fingerprint density at radius 1 is 0.473 bits per heavy atom. The standard InChI is InChI=1S/C50H36N2OSSi/c54-50-43(35-15-4-1-5-16-35)25-14-26-44(50)38-18-13-24-42(32-38)55(39-19-6-2-7-20-39,40-21-8-3-9-22-40)41-23-12-17-36(31-41)37-29-30-48-47(33-37)52-46-28-11-10-27-45(46)51-49(52)34-53-48/h1-33,54H,34H2. The zero-order valence-corrected chi connectivity index (χ0v) is 31.9. The highest BCUT2D eigenvalue weighted by molar-refractivity contribution is 7.80. The maximum Gasteiger partial charge on any atom is 0.179 e. The van der Waals surface area contributed by atoms with Crippen LogP contribution in [0.25, 0.3) is 50.1 Å². The van der Waals surface area contributed by atoms with Gasteiger partial charge >= 0.3 is 0 Å². The summed E-state index contributed by atoms with van der Waals surface area (Å²) < 4.78 is 8.48. The van der Waals surface area contributed by atoms with E-state index in [0.29, 0.717) is 6.61 Å². The maximum atomic E-state index is 6.23. The van der Waals surface area contributed by atoms with E-state index in [1.165, 1.54) is 20.7 Å². The first-order valence-electron chi connectivity index (χ1n) is 18.6. The Balaban J connectivity index is 1.17. The molecule has 0 saturated heterocycles. The van der Waals surface area contributed by atoms with Crippen molar-refractivity contribution in [1.29, 1.82) is 0 Å². The minimum atomic E-state index is -2.90. The fourth-order valence-corrected chi connectivity index (χ4v) is 13.7. The van der Waals surface area contributed by atoms with E-state index in [4.69, 9.17) is 22.3 Å². The van der Waals surface area contributed by atoms with Gasteiger partial charge < -0.3 is 4.74 Å². The summed E-state index contributed by atoms with van der Waals surface area (Å²) in [5.41, 5.74) is 9.92. The number of nitrogens with zero attached hydrogens (tertiary/aromatic N) is 2. The van der Waals surface area contributed by atoms with Gasteiger partial charge in [-0.05, 0) is 78.4 Å². The van der Waals surface area contributed by atoms with Crippen molar-refractivity contribution >= 4 is 52.5 Å². The normalized spacial score (nSPS) is 12.2. The number of hydrogen-bond acceptors (Lipinski definition) is 3. The van der Waals surface area contributed by atoms with Crippen molar-refractivity contribution in [2.75, 3.05) is 0 Å². The average Bonchev–Trinajstić information content (AvgIpc) is 3.65. The largest absolute Gasteiger partial charge is 0.483 e. The highest BCUT2D eigenvalue weighted by atomic mass is 32.1. The third-order valence-electron chi connectivity index (χ3n) is 11.0. The van der Waals surface area contributed by atoms with Gasteiger partial charge in [-0.15, -0.1) is 12.6 Å². The molecule has 0 radical (unpaired) electrons. The van der Waals surface area contributed by atoms with E-state index < -0.39 is 8.07 Å². The number of para-hydroxylation sites is 2. The van der Waals surface area contributed by atoms with E-state index in [1.807, 2.05) is 6.07 Å². The molecule has 1 aliphatic rings. The molecule has 3 nitrogen and oxygen atoms in total. The molecule has 2 heterocycles. The van der Waals surface area contributed by atoms with Gasteiger partial charge in [0.1, 0.15) is 12.4 Å². The van der Waals surface area contributed by atoms with Gasteiger partial charge in [0.25, 0.3) is 0 Å². The predicted octanol–water partition coefficient (Wildman–Crippen LogP) is 9.59. The van der Waals surface area contributed by atoms with Crippen LogP contribution in [0.5, 0.6) is 5.75 Å². The lowest BCUT2D eigenvalue weighted by Crippen LogP contribution is -2.74.